The molecule has 0 aromatic carbocycles. The van der Waals surface area contributed by atoms with E-state index < -0.39 is 0 Å². The van der Waals surface area contributed by atoms with Crippen LogP contribution in [0, 0.1) is 0 Å². The Kier molecular flexibility index (Phi) is 7.71. The van der Waals surface area contributed by atoms with Gasteiger partial charge in [0.2, 0.25) is 0 Å². The van der Waals surface area contributed by atoms with Gasteiger partial charge in [0.05, 0.1) is 31.1 Å². The molecule has 0 spiro atoms. The molecule has 0 amide bonds. The molecule has 1 aromatic heterocycles. The molecule has 1 N–H and O–H groups in total. The van der Waals surface area contributed by atoms with Crippen molar-refractivity contribution in [2.24, 2.45) is 4.99 Å². The summed E-state index contributed by atoms with van der Waals surface area (Å²) in [7, 11) is 0. The van der Waals surface area contributed by atoms with Crippen LogP contribution in [-0.4, -0.2) is 60.9 Å². The molecule has 2 saturated heterocycles. The normalized spacial score (nSPS) is 22.1. The molecule has 0 aliphatic carbocycles. The van der Waals surface area contributed by atoms with Gasteiger partial charge in [0.1, 0.15) is 5.01 Å². The molecular weight excluding hydrogens is 372 g/mol. The summed E-state index contributed by atoms with van der Waals surface area (Å²) in [5, 5.41) is 6.68. The van der Waals surface area contributed by atoms with Crippen LogP contribution < -0.4 is 5.32 Å². The van der Waals surface area contributed by atoms with Gasteiger partial charge in [-0.2, -0.15) is 0 Å². The number of nitrogens with one attached hydrogen (secondary N) is 1. The van der Waals surface area contributed by atoms with Crippen molar-refractivity contribution in [2.45, 2.75) is 77.5 Å². The molecule has 3 rings (SSSR count). The average Bonchev–Trinajstić information content (AvgIpc) is 3.35. The van der Waals surface area contributed by atoms with Gasteiger partial charge in [0, 0.05) is 37.0 Å². The first-order valence-electron chi connectivity index (χ1n) is 10.7. The highest BCUT2D eigenvalue weighted by molar-refractivity contribution is 7.09. The van der Waals surface area contributed by atoms with Gasteiger partial charge in [-0.05, 0) is 32.6 Å². The van der Waals surface area contributed by atoms with Gasteiger partial charge in [-0.1, -0.05) is 20.8 Å². The average molecular weight is 409 g/mol. The van der Waals surface area contributed by atoms with Gasteiger partial charge >= 0.3 is 0 Å². The molecular formula is C21H36N4O2S. The predicted octanol–water partition coefficient (Wildman–Crippen LogP) is 3.57. The van der Waals surface area contributed by atoms with Crippen LogP contribution in [0.15, 0.2) is 10.4 Å². The fourth-order valence-corrected chi connectivity index (χ4v) is 4.49. The van der Waals surface area contributed by atoms with Crippen molar-refractivity contribution in [2.75, 3.05) is 32.8 Å². The Morgan fingerprint density at radius 3 is 2.75 bits per heavy atom. The van der Waals surface area contributed by atoms with Crippen molar-refractivity contribution in [1.82, 2.24) is 15.2 Å². The number of nitrogens with zero attached hydrogens (tertiary/aromatic N) is 3. The second kappa shape index (κ2) is 10.0. The molecule has 3 heterocycles. The van der Waals surface area contributed by atoms with Gasteiger partial charge in [0.15, 0.2) is 5.96 Å². The van der Waals surface area contributed by atoms with Gasteiger partial charge in [0.25, 0.3) is 0 Å². The minimum absolute atomic E-state index is 0.0916. The smallest absolute Gasteiger partial charge is 0.194 e. The van der Waals surface area contributed by atoms with Crippen molar-refractivity contribution < 1.29 is 9.47 Å². The van der Waals surface area contributed by atoms with Crippen LogP contribution in [0.4, 0.5) is 0 Å². The maximum Gasteiger partial charge on any atom is 0.194 e. The summed E-state index contributed by atoms with van der Waals surface area (Å²) in [5.41, 5.74) is 1.24. The summed E-state index contributed by atoms with van der Waals surface area (Å²) >= 11 is 1.71. The molecule has 0 radical (unpaired) electrons. The molecule has 2 aliphatic rings. The number of piperidine rings is 1. The molecule has 1 atom stereocenters. The Hall–Kier alpha value is -1.18. The first-order chi connectivity index (χ1) is 13.5. The number of aliphatic imine (C=N–C) groups is 1. The van der Waals surface area contributed by atoms with E-state index in [9.17, 15) is 0 Å². The lowest BCUT2D eigenvalue weighted by atomic mass is 9.93. The standard InChI is InChI=1S/C21H36N4O2S/c1-5-22-20(23-13-19-24-18(15-28-19)21(2,3)4)25-10-8-16(9-11-25)27-14-17-7-6-12-26-17/h15-17H,5-14H2,1-4H3,(H,22,23). The number of ether oxygens (including phenoxy) is 2. The molecule has 0 saturated carbocycles. The monoisotopic (exact) mass is 408 g/mol. The van der Waals surface area contributed by atoms with Gasteiger partial charge in [-0.25, -0.2) is 9.98 Å². The Balaban J connectivity index is 1.49. The number of guanidine groups is 1. The topological polar surface area (TPSA) is 59.0 Å². The number of aromatic nitrogens is 1. The number of thiazole rings is 1. The highest BCUT2D eigenvalue weighted by Gasteiger charge is 2.24. The van der Waals surface area contributed by atoms with Crippen LogP contribution in [-0.2, 0) is 21.4 Å². The van der Waals surface area contributed by atoms with E-state index in [-0.39, 0.29) is 5.41 Å². The Bertz CT molecular complexity index is 627. The van der Waals surface area contributed by atoms with Crippen molar-refractivity contribution in [3.05, 3.63) is 16.1 Å². The predicted molar refractivity (Wildman–Crippen MR) is 115 cm³/mol. The Morgan fingerprint density at radius 2 is 2.14 bits per heavy atom. The van der Waals surface area contributed by atoms with E-state index in [2.05, 4.69) is 43.3 Å². The number of rotatable bonds is 6. The zero-order valence-electron chi connectivity index (χ0n) is 17.9. The molecule has 2 aliphatic heterocycles. The molecule has 2 fully saturated rings. The van der Waals surface area contributed by atoms with Crippen LogP contribution in [0.2, 0.25) is 0 Å². The van der Waals surface area contributed by atoms with Crippen molar-refractivity contribution in [3.63, 3.8) is 0 Å². The molecule has 0 bridgehead atoms. The van der Waals surface area contributed by atoms with E-state index in [1.54, 1.807) is 11.3 Å². The third-order valence-electron chi connectivity index (χ3n) is 5.30. The van der Waals surface area contributed by atoms with Crippen LogP contribution in [0.5, 0.6) is 0 Å². The first-order valence-corrected chi connectivity index (χ1v) is 11.5. The highest BCUT2D eigenvalue weighted by Crippen LogP contribution is 2.24. The van der Waals surface area contributed by atoms with Crippen LogP contribution >= 0.6 is 11.3 Å². The second-order valence-corrected chi connectivity index (χ2v) is 9.64. The van der Waals surface area contributed by atoms with E-state index in [4.69, 9.17) is 19.5 Å². The first kappa shape index (κ1) is 21.5. The van der Waals surface area contributed by atoms with Gasteiger partial charge in [-0.3, -0.25) is 0 Å². The maximum atomic E-state index is 6.10. The summed E-state index contributed by atoms with van der Waals surface area (Å²) in [5.74, 6) is 0.993. The number of hydrogen-bond donors (Lipinski definition) is 1. The zero-order chi connectivity index (χ0) is 20.0. The third-order valence-corrected chi connectivity index (χ3v) is 6.14. The summed E-state index contributed by atoms with van der Waals surface area (Å²) in [4.78, 5) is 12.0. The van der Waals surface area contributed by atoms with Crippen molar-refractivity contribution >= 4 is 17.3 Å². The van der Waals surface area contributed by atoms with Gasteiger partial charge in [-0.15, -0.1) is 11.3 Å². The van der Waals surface area contributed by atoms with E-state index in [0.717, 1.165) is 68.8 Å². The summed E-state index contributed by atoms with van der Waals surface area (Å²) in [6.07, 6.45) is 5.06. The van der Waals surface area contributed by atoms with Crippen LogP contribution in [0.3, 0.4) is 0 Å². The zero-order valence-corrected chi connectivity index (χ0v) is 18.7. The van der Waals surface area contributed by atoms with E-state index in [1.165, 1.54) is 6.42 Å². The molecule has 28 heavy (non-hydrogen) atoms. The van der Waals surface area contributed by atoms with E-state index in [0.29, 0.717) is 18.8 Å². The van der Waals surface area contributed by atoms with Crippen LogP contribution in [0.25, 0.3) is 0 Å². The van der Waals surface area contributed by atoms with Crippen LogP contribution in [0.1, 0.15) is 64.1 Å². The minimum Gasteiger partial charge on any atom is -0.376 e. The minimum atomic E-state index is 0.0916. The molecule has 1 unspecified atom stereocenters. The van der Waals surface area contributed by atoms with Gasteiger partial charge < -0.3 is 19.7 Å². The molecule has 1 aromatic rings. The fourth-order valence-electron chi connectivity index (χ4n) is 3.55. The molecule has 7 heteroatoms. The van der Waals surface area contributed by atoms with Crippen molar-refractivity contribution in [3.8, 4) is 0 Å². The SMILES string of the molecule is CCNC(=NCc1nc(C(C)(C)C)cs1)N1CCC(OCC2CCCO2)CC1. The third kappa shape index (κ3) is 6.16. The summed E-state index contributed by atoms with van der Waals surface area (Å²) < 4.78 is 11.8. The maximum absolute atomic E-state index is 6.10. The lowest BCUT2D eigenvalue weighted by molar-refractivity contribution is -0.0367. The van der Waals surface area contributed by atoms with E-state index in [1.807, 2.05) is 0 Å². The molecule has 6 nitrogen and oxygen atoms in total. The highest BCUT2D eigenvalue weighted by atomic mass is 32.1. The number of likely N-dealkylation sites (tertiary alicyclic amines) is 1. The second-order valence-electron chi connectivity index (χ2n) is 8.70. The Morgan fingerprint density at radius 1 is 1.36 bits per heavy atom. The number of hydrogen-bond acceptors (Lipinski definition) is 5. The molecule has 158 valence electrons. The quantitative estimate of drug-likeness (QED) is 0.576. The fraction of sp³-hybridized carbons (Fsp3) is 0.810. The summed E-state index contributed by atoms with van der Waals surface area (Å²) in [6, 6.07) is 0. The summed E-state index contributed by atoms with van der Waals surface area (Å²) in [6.45, 7) is 13.8. The largest absolute Gasteiger partial charge is 0.376 e. The lowest BCUT2D eigenvalue weighted by Crippen LogP contribution is -2.47. The lowest BCUT2D eigenvalue weighted by Gasteiger charge is -2.34. The van der Waals surface area contributed by atoms with Crippen molar-refractivity contribution in [1.29, 1.82) is 0 Å². The van der Waals surface area contributed by atoms with E-state index >= 15 is 0 Å². The Labute approximate surface area is 173 Å².